The van der Waals surface area contributed by atoms with Gasteiger partial charge in [-0.05, 0) is 42.6 Å². The molecule has 1 aromatic carbocycles. The lowest BCUT2D eigenvalue weighted by Gasteiger charge is -2.38. The Morgan fingerprint density at radius 3 is 2.67 bits per heavy atom. The van der Waals surface area contributed by atoms with E-state index in [4.69, 9.17) is 9.47 Å². The van der Waals surface area contributed by atoms with Crippen molar-refractivity contribution in [3.05, 3.63) is 35.9 Å². The monoisotopic (exact) mass is 330 g/mol. The van der Waals surface area contributed by atoms with Crippen LogP contribution in [0.3, 0.4) is 0 Å². The smallest absolute Gasteiger partial charge is 0.308 e. The highest BCUT2D eigenvalue weighted by Crippen LogP contribution is 2.38. The lowest BCUT2D eigenvalue weighted by Crippen LogP contribution is -2.38. The molecule has 1 saturated heterocycles. The van der Waals surface area contributed by atoms with Crippen molar-refractivity contribution in [2.75, 3.05) is 0 Å². The molecule has 0 amide bonds. The summed E-state index contributed by atoms with van der Waals surface area (Å²) in [6, 6.07) is 10.3. The fraction of sp³-hybridized carbons (Fsp3) is 0.667. The topological polar surface area (TPSA) is 35.5 Å². The molecule has 1 saturated carbocycles. The van der Waals surface area contributed by atoms with Crippen LogP contribution in [0.2, 0.25) is 0 Å². The second kappa shape index (κ2) is 7.69. The van der Waals surface area contributed by atoms with E-state index in [9.17, 15) is 4.79 Å². The van der Waals surface area contributed by atoms with Crippen molar-refractivity contribution in [2.24, 2.45) is 23.7 Å². The Labute approximate surface area is 145 Å². The fourth-order valence-electron chi connectivity index (χ4n) is 4.25. The Bertz CT molecular complexity index is 539. The van der Waals surface area contributed by atoms with Crippen molar-refractivity contribution in [1.82, 2.24) is 0 Å². The van der Waals surface area contributed by atoms with Gasteiger partial charge in [0, 0.05) is 5.92 Å². The molecule has 0 aromatic heterocycles. The molecule has 132 valence electrons. The molecule has 3 nitrogen and oxygen atoms in total. The molecule has 5 atom stereocenters. The maximum atomic E-state index is 11.9. The number of carbonyl (C=O) groups is 1. The minimum atomic E-state index is -0.380. The molecule has 24 heavy (non-hydrogen) atoms. The Balaban J connectivity index is 1.68. The second-order valence-corrected chi connectivity index (χ2v) is 8.01. The van der Waals surface area contributed by atoms with E-state index in [0.717, 1.165) is 12.8 Å². The molecule has 0 unspecified atom stereocenters. The van der Waals surface area contributed by atoms with Gasteiger partial charge in [-0.15, -0.1) is 0 Å². The molecule has 2 aliphatic rings. The predicted molar refractivity (Wildman–Crippen MR) is 94.3 cm³/mol. The van der Waals surface area contributed by atoms with Gasteiger partial charge < -0.3 is 9.47 Å². The molecule has 1 aliphatic carbocycles. The first-order valence-electron chi connectivity index (χ1n) is 9.41. The molecule has 3 rings (SSSR count). The van der Waals surface area contributed by atoms with Crippen LogP contribution in [-0.2, 0) is 20.7 Å². The number of carbonyl (C=O) groups excluding carboxylic acids is 1. The van der Waals surface area contributed by atoms with Crippen molar-refractivity contribution in [3.63, 3.8) is 0 Å². The van der Waals surface area contributed by atoms with E-state index < -0.39 is 0 Å². The summed E-state index contributed by atoms with van der Waals surface area (Å²) in [5, 5.41) is 0. The zero-order valence-electron chi connectivity index (χ0n) is 15.1. The lowest BCUT2D eigenvalue weighted by atomic mass is 9.75. The summed E-state index contributed by atoms with van der Waals surface area (Å²) in [5.41, 5.74) is 1.24. The van der Waals surface area contributed by atoms with E-state index in [0.29, 0.717) is 24.2 Å². The third kappa shape index (κ3) is 4.18. The van der Waals surface area contributed by atoms with Gasteiger partial charge in [-0.25, -0.2) is 0 Å². The minimum Gasteiger partial charge on any atom is -0.435 e. The first-order chi connectivity index (χ1) is 11.5. The van der Waals surface area contributed by atoms with Crippen LogP contribution >= 0.6 is 0 Å². The van der Waals surface area contributed by atoms with Gasteiger partial charge in [0.15, 0.2) is 0 Å². The van der Waals surface area contributed by atoms with Crippen molar-refractivity contribution in [3.8, 4) is 0 Å². The summed E-state index contributed by atoms with van der Waals surface area (Å²) in [5.74, 6) is 1.87. The predicted octanol–water partition coefficient (Wildman–Crippen LogP) is 4.60. The Morgan fingerprint density at radius 1 is 1.21 bits per heavy atom. The number of benzene rings is 1. The number of hydrogen-bond acceptors (Lipinski definition) is 3. The van der Waals surface area contributed by atoms with Crippen LogP contribution in [0.4, 0.5) is 0 Å². The van der Waals surface area contributed by atoms with Crippen LogP contribution in [0.1, 0.15) is 52.0 Å². The van der Waals surface area contributed by atoms with Crippen LogP contribution in [0.5, 0.6) is 0 Å². The lowest BCUT2D eigenvalue weighted by molar-refractivity contribution is -0.195. The Kier molecular flexibility index (Phi) is 5.60. The van der Waals surface area contributed by atoms with Gasteiger partial charge in [0.25, 0.3) is 0 Å². The SMILES string of the molecule is CC(C)[C@@H]1CC[C@@H](C)C[C@H]1O[C@@H]1OC(=O)C[C@H]1Cc1ccccc1. The summed E-state index contributed by atoms with van der Waals surface area (Å²) in [7, 11) is 0. The average Bonchev–Trinajstić information content (AvgIpc) is 2.87. The van der Waals surface area contributed by atoms with Crippen LogP contribution in [0, 0.1) is 23.7 Å². The number of ether oxygens (including phenoxy) is 2. The van der Waals surface area contributed by atoms with E-state index in [-0.39, 0.29) is 24.3 Å². The molecular weight excluding hydrogens is 300 g/mol. The van der Waals surface area contributed by atoms with Gasteiger partial charge in [0.05, 0.1) is 12.5 Å². The number of hydrogen-bond donors (Lipinski definition) is 0. The Hall–Kier alpha value is -1.35. The minimum absolute atomic E-state index is 0.120. The van der Waals surface area contributed by atoms with E-state index in [2.05, 4.69) is 32.9 Å². The first-order valence-corrected chi connectivity index (χ1v) is 9.41. The molecule has 1 aromatic rings. The number of rotatable bonds is 5. The van der Waals surface area contributed by atoms with Crippen LogP contribution in [0.15, 0.2) is 30.3 Å². The fourth-order valence-corrected chi connectivity index (χ4v) is 4.25. The molecule has 3 heteroatoms. The summed E-state index contributed by atoms with van der Waals surface area (Å²) in [4.78, 5) is 11.9. The van der Waals surface area contributed by atoms with E-state index >= 15 is 0 Å². The molecule has 0 spiro atoms. The van der Waals surface area contributed by atoms with Crippen LogP contribution < -0.4 is 0 Å². The van der Waals surface area contributed by atoms with Gasteiger partial charge in [0.2, 0.25) is 6.29 Å². The normalized spacial score (nSPS) is 33.7. The molecule has 1 aliphatic heterocycles. The van der Waals surface area contributed by atoms with Crippen molar-refractivity contribution >= 4 is 5.97 Å². The van der Waals surface area contributed by atoms with E-state index in [1.54, 1.807) is 0 Å². The van der Waals surface area contributed by atoms with Gasteiger partial charge >= 0.3 is 5.97 Å². The second-order valence-electron chi connectivity index (χ2n) is 8.01. The molecule has 1 heterocycles. The van der Waals surface area contributed by atoms with Crippen molar-refractivity contribution < 1.29 is 14.3 Å². The van der Waals surface area contributed by atoms with Crippen LogP contribution in [-0.4, -0.2) is 18.4 Å². The zero-order valence-corrected chi connectivity index (χ0v) is 15.1. The summed E-state index contributed by atoms with van der Waals surface area (Å²) in [6.07, 6.45) is 4.71. The van der Waals surface area contributed by atoms with E-state index in [1.807, 2.05) is 18.2 Å². The maximum Gasteiger partial charge on any atom is 0.308 e. The van der Waals surface area contributed by atoms with Gasteiger partial charge in [-0.1, -0.05) is 57.5 Å². The summed E-state index contributed by atoms with van der Waals surface area (Å²) in [6.45, 7) is 6.85. The summed E-state index contributed by atoms with van der Waals surface area (Å²) >= 11 is 0. The molecule has 0 bridgehead atoms. The van der Waals surface area contributed by atoms with Gasteiger partial charge in [0.1, 0.15) is 0 Å². The number of cyclic esters (lactones) is 1. The Morgan fingerprint density at radius 2 is 1.96 bits per heavy atom. The van der Waals surface area contributed by atoms with Gasteiger partial charge in [-0.3, -0.25) is 4.79 Å². The summed E-state index contributed by atoms with van der Waals surface area (Å²) < 4.78 is 12.0. The third-order valence-corrected chi connectivity index (χ3v) is 5.67. The van der Waals surface area contributed by atoms with Gasteiger partial charge in [-0.2, -0.15) is 0 Å². The first kappa shape index (κ1) is 17.5. The highest BCUT2D eigenvalue weighted by Gasteiger charge is 2.40. The highest BCUT2D eigenvalue weighted by molar-refractivity contribution is 5.71. The van der Waals surface area contributed by atoms with Crippen molar-refractivity contribution in [2.45, 2.75) is 65.3 Å². The van der Waals surface area contributed by atoms with E-state index in [1.165, 1.54) is 18.4 Å². The third-order valence-electron chi connectivity index (χ3n) is 5.67. The molecular formula is C21H30O3. The molecule has 2 fully saturated rings. The number of esters is 1. The highest BCUT2D eigenvalue weighted by atomic mass is 16.7. The molecule has 0 N–H and O–H groups in total. The standard InChI is InChI=1S/C21H30O3/c1-14(2)18-10-9-15(3)11-19(18)23-21-17(13-20(22)24-21)12-16-7-5-4-6-8-16/h4-8,14-15,17-19,21H,9-13H2,1-3H3/t15-,17-,18+,19-,21-/m1/s1. The van der Waals surface area contributed by atoms with Crippen LogP contribution in [0.25, 0.3) is 0 Å². The molecule has 0 radical (unpaired) electrons. The largest absolute Gasteiger partial charge is 0.435 e. The quantitative estimate of drug-likeness (QED) is 0.740. The van der Waals surface area contributed by atoms with Crippen molar-refractivity contribution in [1.29, 1.82) is 0 Å². The maximum absolute atomic E-state index is 11.9. The zero-order chi connectivity index (χ0) is 17.1. The average molecular weight is 330 g/mol.